The van der Waals surface area contributed by atoms with Crippen LogP contribution in [0.1, 0.15) is 22.3 Å². The zero-order chi connectivity index (χ0) is 42.5. The van der Waals surface area contributed by atoms with E-state index in [0.717, 1.165) is 17.1 Å². The maximum Gasteiger partial charge on any atom is 0.0714 e. The summed E-state index contributed by atoms with van der Waals surface area (Å²) in [7, 11) is 0. The molecule has 11 aromatic rings. The third kappa shape index (κ3) is 5.93. The first kappa shape index (κ1) is 37.5. The second-order valence-corrected chi connectivity index (χ2v) is 16.7. The minimum absolute atomic E-state index is 0.525. The average Bonchev–Trinajstić information content (AvgIpc) is 3.69. The van der Waals surface area contributed by atoms with E-state index >= 15 is 0 Å². The van der Waals surface area contributed by atoms with Gasteiger partial charge in [-0.15, -0.1) is 0 Å². The van der Waals surface area contributed by atoms with Gasteiger partial charge < -0.3 is 4.90 Å². The summed E-state index contributed by atoms with van der Waals surface area (Å²) < 4.78 is 0. The number of benzene rings is 11. The molecule has 0 N–H and O–H groups in total. The van der Waals surface area contributed by atoms with Gasteiger partial charge in [-0.1, -0.05) is 237 Å². The second-order valence-electron chi connectivity index (χ2n) is 16.7. The molecule has 0 heterocycles. The van der Waals surface area contributed by atoms with E-state index in [1.807, 2.05) is 0 Å². The van der Waals surface area contributed by atoms with Crippen LogP contribution in [0.5, 0.6) is 0 Å². The lowest BCUT2D eigenvalue weighted by atomic mass is 9.68. The van der Waals surface area contributed by atoms with Crippen LogP contribution in [-0.2, 0) is 5.41 Å². The van der Waals surface area contributed by atoms with Crippen LogP contribution in [-0.4, -0.2) is 0 Å². The zero-order valence-electron chi connectivity index (χ0n) is 35.3. The van der Waals surface area contributed by atoms with Crippen molar-refractivity contribution >= 4 is 38.6 Å². The minimum atomic E-state index is -0.525. The van der Waals surface area contributed by atoms with Crippen LogP contribution in [0.4, 0.5) is 17.1 Å². The predicted molar refractivity (Wildman–Crippen MR) is 270 cm³/mol. The third-order valence-electron chi connectivity index (χ3n) is 13.4. The van der Waals surface area contributed by atoms with Crippen LogP contribution >= 0.6 is 0 Å². The monoisotopic (exact) mass is 813 g/mol. The van der Waals surface area contributed by atoms with E-state index < -0.39 is 5.41 Å². The fourth-order valence-corrected chi connectivity index (χ4v) is 10.6. The summed E-state index contributed by atoms with van der Waals surface area (Å²) in [6.07, 6.45) is 0. The van der Waals surface area contributed by atoms with Crippen molar-refractivity contribution in [2.24, 2.45) is 0 Å². The van der Waals surface area contributed by atoms with E-state index in [4.69, 9.17) is 0 Å². The molecular formula is C63H43N. The molecule has 1 aliphatic carbocycles. The van der Waals surface area contributed by atoms with E-state index in [-0.39, 0.29) is 0 Å². The Morgan fingerprint density at radius 1 is 0.266 bits per heavy atom. The molecule has 12 rings (SSSR count). The van der Waals surface area contributed by atoms with Crippen molar-refractivity contribution in [3.05, 3.63) is 283 Å². The minimum Gasteiger partial charge on any atom is -0.309 e. The van der Waals surface area contributed by atoms with E-state index in [9.17, 15) is 0 Å². The Morgan fingerprint density at radius 3 is 1.50 bits per heavy atom. The molecule has 0 fully saturated rings. The lowest BCUT2D eigenvalue weighted by Gasteiger charge is -2.34. The van der Waals surface area contributed by atoms with E-state index in [1.54, 1.807) is 0 Å². The maximum absolute atomic E-state index is 2.51. The molecule has 64 heavy (non-hydrogen) atoms. The summed E-state index contributed by atoms with van der Waals surface area (Å²) >= 11 is 0. The van der Waals surface area contributed by atoms with Gasteiger partial charge in [0.25, 0.3) is 0 Å². The van der Waals surface area contributed by atoms with Crippen LogP contribution in [0.15, 0.2) is 261 Å². The number of nitrogens with zero attached hydrogens (tertiary/aromatic N) is 1. The summed E-state index contributed by atoms with van der Waals surface area (Å²) in [5.41, 5.74) is 17.7. The SMILES string of the molecule is c1ccc(-c2c(-c3ccc(N(c4cccc5c4-c4ccccc4C5(c4ccccc4)c4ccccc4)c4ccc(-c5ccccc5)c5ccccc45)cc3)ccc3ccccc23)cc1. The van der Waals surface area contributed by atoms with Crippen LogP contribution in [0, 0.1) is 0 Å². The van der Waals surface area contributed by atoms with Crippen LogP contribution in [0.25, 0.3) is 66.1 Å². The molecular weight excluding hydrogens is 771 g/mol. The van der Waals surface area contributed by atoms with Gasteiger partial charge in [0.2, 0.25) is 0 Å². The van der Waals surface area contributed by atoms with Gasteiger partial charge in [-0.05, 0) is 102 Å². The fraction of sp³-hybridized carbons (Fsp3) is 0.0159. The molecule has 0 aromatic heterocycles. The standard InChI is InChI=1S/C63H43N/c1-5-20-44(21-6-1)51-42-43-59(55-31-16-15-30-54(51)55)64(50-39-36-46(37-40-50)53-41-38-45-22-13-14-29-52(45)61(53)47-23-7-2-8-24-47)60-35-19-34-58-62(60)56-32-17-18-33-57(56)63(58,48-25-9-3-10-26-48)49-27-11-4-12-28-49/h1-43H. The lowest BCUT2D eigenvalue weighted by Crippen LogP contribution is -2.28. The number of fused-ring (bicyclic) bond motifs is 5. The largest absolute Gasteiger partial charge is 0.309 e. The highest BCUT2D eigenvalue weighted by Gasteiger charge is 2.47. The van der Waals surface area contributed by atoms with Gasteiger partial charge in [0.15, 0.2) is 0 Å². The van der Waals surface area contributed by atoms with Gasteiger partial charge in [0.05, 0.1) is 16.8 Å². The molecule has 0 atom stereocenters. The van der Waals surface area contributed by atoms with E-state index in [0.29, 0.717) is 0 Å². The topological polar surface area (TPSA) is 3.24 Å². The van der Waals surface area contributed by atoms with E-state index in [1.165, 1.54) is 88.3 Å². The molecule has 0 radical (unpaired) electrons. The number of hydrogen-bond donors (Lipinski definition) is 0. The zero-order valence-corrected chi connectivity index (χ0v) is 35.3. The van der Waals surface area contributed by atoms with Crippen LogP contribution in [0.2, 0.25) is 0 Å². The predicted octanol–water partition coefficient (Wildman–Crippen LogP) is 16.8. The normalized spacial score (nSPS) is 12.5. The molecule has 0 saturated heterocycles. The quantitative estimate of drug-likeness (QED) is 0.148. The highest BCUT2D eigenvalue weighted by molar-refractivity contribution is 6.09. The highest BCUT2D eigenvalue weighted by atomic mass is 15.1. The second kappa shape index (κ2) is 15.6. The molecule has 300 valence electrons. The fourth-order valence-electron chi connectivity index (χ4n) is 10.6. The molecule has 11 aromatic carbocycles. The lowest BCUT2D eigenvalue weighted by molar-refractivity contribution is 0.768. The molecule has 1 aliphatic rings. The molecule has 1 nitrogen and oxygen atoms in total. The molecule has 0 bridgehead atoms. The molecule has 0 spiro atoms. The highest BCUT2D eigenvalue weighted by Crippen LogP contribution is 2.60. The smallest absolute Gasteiger partial charge is 0.0714 e. The average molecular weight is 814 g/mol. The van der Waals surface area contributed by atoms with Gasteiger partial charge >= 0.3 is 0 Å². The number of rotatable bonds is 8. The summed E-state index contributed by atoms with van der Waals surface area (Å²) in [6, 6.07) is 95.8. The Labute approximate surface area is 374 Å². The van der Waals surface area contributed by atoms with Crippen molar-refractivity contribution in [2.45, 2.75) is 5.41 Å². The first-order valence-corrected chi connectivity index (χ1v) is 22.2. The Morgan fingerprint density at radius 2 is 0.797 bits per heavy atom. The van der Waals surface area contributed by atoms with Crippen molar-refractivity contribution in [3.8, 4) is 44.5 Å². The third-order valence-corrected chi connectivity index (χ3v) is 13.4. The Kier molecular flexibility index (Phi) is 9.13. The summed E-state index contributed by atoms with van der Waals surface area (Å²) in [5.74, 6) is 0. The van der Waals surface area contributed by atoms with Crippen LogP contribution < -0.4 is 4.90 Å². The Balaban J connectivity index is 1.12. The summed E-state index contributed by atoms with van der Waals surface area (Å²) in [6.45, 7) is 0. The maximum atomic E-state index is 2.51. The molecule has 0 unspecified atom stereocenters. The van der Waals surface area contributed by atoms with Gasteiger partial charge in [0, 0.05) is 16.6 Å². The van der Waals surface area contributed by atoms with Crippen molar-refractivity contribution in [1.29, 1.82) is 0 Å². The molecule has 0 amide bonds. The Bertz CT molecular complexity index is 3430. The number of hydrogen-bond acceptors (Lipinski definition) is 1. The first-order chi connectivity index (χ1) is 31.8. The molecule has 0 aliphatic heterocycles. The van der Waals surface area contributed by atoms with Gasteiger partial charge in [-0.3, -0.25) is 0 Å². The van der Waals surface area contributed by atoms with Crippen molar-refractivity contribution in [2.75, 3.05) is 4.90 Å². The van der Waals surface area contributed by atoms with E-state index in [2.05, 4.69) is 266 Å². The van der Waals surface area contributed by atoms with Crippen molar-refractivity contribution in [1.82, 2.24) is 0 Å². The first-order valence-electron chi connectivity index (χ1n) is 22.2. The van der Waals surface area contributed by atoms with Crippen molar-refractivity contribution in [3.63, 3.8) is 0 Å². The van der Waals surface area contributed by atoms with Crippen LogP contribution in [0.3, 0.4) is 0 Å². The Hall–Kier alpha value is -8.26. The van der Waals surface area contributed by atoms with Gasteiger partial charge in [-0.25, -0.2) is 0 Å². The number of anilines is 3. The van der Waals surface area contributed by atoms with Gasteiger partial charge in [-0.2, -0.15) is 0 Å². The van der Waals surface area contributed by atoms with Crippen molar-refractivity contribution < 1.29 is 0 Å². The summed E-state index contributed by atoms with van der Waals surface area (Å²) in [4.78, 5) is 2.51. The summed E-state index contributed by atoms with van der Waals surface area (Å²) in [5, 5.41) is 4.89. The van der Waals surface area contributed by atoms with Gasteiger partial charge in [0.1, 0.15) is 0 Å². The molecule has 1 heteroatoms. The molecule has 0 saturated carbocycles.